The van der Waals surface area contributed by atoms with Crippen LogP contribution in [0.2, 0.25) is 0 Å². The third kappa shape index (κ3) is 7.84. The van der Waals surface area contributed by atoms with E-state index in [1.165, 1.54) is 12.0 Å². The molecule has 0 spiro atoms. The summed E-state index contributed by atoms with van der Waals surface area (Å²) < 4.78 is 10.0. The molecule has 0 aliphatic heterocycles. The molecule has 0 radical (unpaired) electrons. The summed E-state index contributed by atoms with van der Waals surface area (Å²) in [5.74, 6) is -2.12. The Hall–Kier alpha value is -3.30. The summed E-state index contributed by atoms with van der Waals surface area (Å²) in [5, 5.41) is 16.2. The Labute approximate surface area is 219 Å². The first-order valence-corrected chi connectivity index (χ1v) is 12.7. The van der Waals surface area contributed by atoms with E-state index >= 15 is 0 Å². The minimum atomic E-state index is -1.23. The molecule has 1 aliphatic rings. The standard InChI is InChI=1S/C27H41N3O7/c1-8-16(2)21(29-26(35)37-27(4,5)6)25(34)30(18-12-10-13-18)22(24(33)28-15-20(31)36-7)19-14-9-11-17(3)23(19)32/h9,11,14,16,18,21-22,32H,8,10,12-13,15H2,1-7H3,(H,28,33)(H,29,35). The summed E-state index contributed by atoms with van der Waals surface area (Å²) in [7, 11) is 1.21. The predicted molar refractivity (Wildman–Crippen MR) is 138 cm³/mol. The van der Waals surface area contributed by atoms with Crippen LogP contribution in [0.3, 0.4) is 0 Å². The summed E-state index contributed by atoms with van der Waals surface area (Å²) in [6.45, 7) is 10.2. The zero-order valence-electron chi connectivity index (χ0n) is 22.9. The number of esters is 1. The van der Waals surface area contributed by atoms with Gasteiger partial charge >= 0.3 is 12.1 Å². The molecule has 1 aromatic rings. The number of phenols is 1. The second-order valence-corrected chi connectivity index (χ2v) is 10.5. The van der Waals surface area contributed by atoms with Crippen LogP contribution in [-0.4, -0.2) is 65.2 Å². The molecule has 3 unspecified atom stereocenters. The fourth-order valence-electron chi connectivity index (χ4n) is 4.11. The van der Waals surface area contributed by atoms with E-state index in [-0.39, 0.29) is 23.3 Å². The van der Waals surface area contributed by atoms with Crippen LogP contribution in [0, 0.1) is 12.8 Å². The Kier molecular flexibility index (Phi) is 10.3. The second-order valence-electron chi connectivity index (χ2n) is 10.5. The molecular formula is C27H41N3O7. The average molecular weight is 520 g/mol. The third-order valence-electron chi connectivity index (χ3n) is 6.60. The molecule has 206 valence electrons. The van der Waals surface area contributed by atoms with Gasteiger partial charge in [0.15, 0.2) is 0 Å². The molecule has 3 N–H and O–H groups in total. The topological polar surface area (TPSA) is 134 Å². The number of nitrogens with one attached hydrogen (secondary N) is 2. The van der Waals surface area contributed by atoms with Crippen molar-refractivity contribution in [1.29, 1.82) is 0 Å². The first-order chi connectivity index (χ1) is 17.3. The van der Waals surface area contributed by atoms with Crippen molar-refractivity contribution >= 4 is 23.9 Å². The number of rotatable bonds is 10. The molecule has 3 atom stereocenters. The van der Waals surface area contributed by atoms with Crippen molar-refractivity contribution in [2.24, 2.45) is 5.92 Å². The monoisotopic (exact) mass is 519 g/mol. The Morgan fingerprint density at radius 1 is 1.19 bits per heavy atom. The van der Waals surface area contributed by atoms with Crippen LogP contribution >= 0.6 is 0 Å². The predicted octanol–water partition coefficient (Wildman–Crippen LogP) is 3.35. The van der Waals surface area contributed by atoms with Gasteiger partial charge in [0, 0.05) is 11.6 Å². The van der Waals surface area contributed by atoms with Crippen molar-refractivity contribution in [1.82, 2.24) is 15.5 Å². The number of carbonyl (C=O) groups is 4. The maximum Gasteiger partial charge on any atom is 0.408 e. The van der Waals surface area contributed by atoms with Gasteiger partial charge in [-0.15, -0.1) is 0 Å². The van der Waals surface area contributed by atoms with Gasteiger partial charge in [0.05, 0.1) is 7.11 Å². The molecule has 3 amide bonds. The van der Waals surface area contributed by atoms with E-state index in [0.29, 0.717) is 24.8 Å². The smallest absolute Gasteiger partial charge is 0.408 e. The molecule has 37 heavy (non-hydrogen) atoms. The molecule has 1 aliphatic carbocycles. The van der Waals surface area contributed by atoms with E-state index in [4.69, 9.17) is 4.74 Å². The fraction of sp³-hybridized carbons (Fsp3) is 0.630. The number of aryl methyl sites for hydroxylation is 1. The summed E-state index contributed by atoms with van der Waals surface area (Å²) in [6, 6.07) is 2.50. The van der Waals surface area contributed by atoms with Crippen LogP contribution in [0.5, 0.6) is 5.75 Å². The molecule has 1 saturated carbocycles. The Morgan fingerprint density at radius 2 is 1.84 bits per heavy atom. The highest BCUT2D eigenvalue weighted by Crippen LogP contribution is 2.38. The van der Waals surface area contributed by atoms with Crippen molar-refractivity contribution in [2.75, 3.05) is 13.7 Å². The lowest BCUT2D eigenvalue weighted by molar-refractivity contribution is -0.149. The van der Waals surface area contributed by atoms with E-state index < -0.39 is 48.1 Å². The minimum Gasteiger partial charge on any atom is -0.507 e. The summed E-state index contributed by atoms with van der Waals surface area (Å²) in [5.41, 5.74) is 0.0159. The van der Waals surface area contributed by atoms with Gasteiger partial charge in [0.1, 0.15) is 30.0 Å². The molecule has 1 fully saturated rings. The number of methoxy groups -OCH3 is 1. The maximum atomic E-state index is 14.2. The molecule has 2 rings (SSSR count). The average Bonchev–Trinajstić information content (AvgIpc) is 2.79. The quantitative estimate of drug-likeness (QED) is 0.404. The van der Waals surface area contributed by atoms with Crippen molar-refractivity contribution in [3.05, 3.63) is 29.3 Å². The SMILES string of the molecule is CCC(C)C(NC(=O)OC(C)(C)C)C(=O)N(C1CCC1)C(C(=O)NCC(=O)OC)c1cccc(C)c1O. The van der Waals surface area contributed by atoms with E-state index in [0.717, 1.165) is 6.42 Å². The first-order valence-electron chi connectivity index (χ1n) is 12.7. The summed E-state index contributed by atoms with van der Waals surface area (Å²) in [6.07, 6.45) is 2.06. The maximum absolute atomic E-state index is 14.2. The molecular weight excluding hydrogens is 478 g/mol. The van der Waals surface area contributed by atoms with Gasteiger partial charge in [0.2, 0.25) is 11.8 Å². The van der Waals surface area contributed by atoms with Crippen LogP contribution in [0.25, 0.3) is 0 Å². The zero-order valence-corrected chi connectivity index (χ0v) is 22.9. The van der Waals surface area contributed by atoms with Crippen LogP contribution in [0.15, 0.2) is 18.2 Å². The molecule has 0 heterocycles. The number of amides is 3. The number of nitrogens with zero attached hydrogens (tertiary/aromatic N) is 1. The lowest BCUT2D eigenvalue weighted by Crippen LogP contribution is -2.59. The van der Waals surface area contributed by atoms with Crippen molar-refractivity contribution in [3.8, 4) is 5.75 Å². The normalized spacial score (nSPS) is 16.0. The van der Waals surface area contributed by atoms with E-state index in [2.05, 4.69) is 15.4 Å². The number of alkyl carbamates (subject to hydrolysis) is 1. The van der Waals surface area contributed by atoms with Crippen LogP contribution in [0.1, 0.15) is 77.5 Å². The van der Waals surface area contributed by atoms with Crippen molar-refractivity contribution in [2.45, 2.75) is 91.0 Å². The van der Waals surface area contributed by atoms with Crippen molar-refractivity contribution in [3.63, 3.8) is 0 Å². The largest absolute Gasteiger partial charge is 0.507 e. The molecule has 10 nitrogen and oxygen atoms in total. The molecule has 10 heteroatoms. The highest BCUT2D eigenvalue weighted by atomic mass is 16.6. The molecule has 1 aromatic carbocycles. The number of aromatic hydroxyl groups is 1. The Balaban J connectivity index is 2.55. The van der Waals surface area contributed by atoms with Gasteiger partial charge in [0.25, 0.3) is 0 Å². The van der Waals surface area contributed by atoms with E-state index in [1.54, 1.807) is 45.9 Å². The number of phenolic OH excluding ortho intramolecular Hbond substituents is 1. The summed E-state index contributed by atoms with van der Waals surface area (Å²) >= 11 is 0. The van der Waals surface area contributed by atoms with Crippen LogP contribution in [0.4, 0.5) is 4.79 Å². The van der Waals surface area contributed by atoms with Crippen molar-refractivity contribution < 1.29 is 33.8 Å². The third-order valence-corrected chi connectivity index (χ3v) is 6.60. The lowest BCUT2D eigenvalue weighted by Gasteiger charge is -2.44. The second kappa shape index (κ2) is 12.8. The number of ether oxygens (including phenoxy) is 2. The number of hydrogen-bond acceptors (Lipinski definition) is 7. The summed E-state index contributed by atoms with van der Waals surface area (Å²) in [4.78, 5) is 53.6. The number of hydrogen-bond donors (Lipinski definition) is 3. The first kappa shape index (κ1) is 29.9. The highest BCUT2D eigenvalue weighted by molar-refractivity contribution is 5.94. The molecule has 0 bridgehead atoms. The van der Waals surface area contributed by atoms with E-state index in [1.807, 2.05) is 13.8 Å². The van der Waals surface area contributed by atoms with E-state index in [9.17, 15) is 24.3 Å². The molecule has 0 saturated heterocycles. The van der Waals surface area contributed by atoms with Gasteiger partial charge in [-0.2, -0.15) is 0 Å². The van der Waals surface area contributed by atoms with Gasteiger partial charge in [-0.1, -0.05) is 38.5 Å². The van der Waals surface area contributed by atoms with Gasteiger partial charge in [-0.25, -0.2) is 4.79 Å². The van der Waals surface area contributed by atoms with Gasteiger partial charge < -0.3 is 30.1 Å². The molecule has 0 aromatic heterocycles. The number of benzene rings is 1. The van der Waals surface area contributed by atoms with Crippen LogP contribution < -0.4 is 10.6 Å². The van der Waals surface area contributed by atoms with Gasteiger partial charge in [-0.3, -0.25) is 14.4 Å². The Morgan fingerprint density at radius 3 is 2.35 bits per heavy atom. The number of para-hydroxylation sites is 1. The minimum absolute atomic E-state index is 0.113. The van der Waals surface area contributed by atoms with Crippen LogP contribution in [-0.2, 0) is 23.9 Å². The number of carbonyl (C=O) groups excluding carboxylic acids is 4. The fourth-order valence-corrected chi connectivity index (χ4v) is 4.11. The lowest BCUT2D eigenvalue weighted by atomic mass is 9.86. The van der Waals surface area contributed by atoms with Gasteiger partial charge in [-0.05, 0) is 58.4 Å². The Bertz CT molecular complexity index is 985. The zero-order chi connectivity index (χ0) is 27.9. The highest BCUT2D eigenvalue weighted by Gasteiger charge is 2.44.